The number of ketones is 1. The van der Waals surface area contributed by atoms with Crippen molar-refractivity contribution in [2.75, 3.05) is 13.2 Å². The number of aliphatic hydroxyl groups excluding tert-OH is 2. The SMILES string of the molecule is CCCCC[C@H](O)/C=C/[C@H]1C(=O)C=C[C@@H]1C/C=C\CCCC(=O)O[C@@H](CO)COC(=O)CCCCCCCCCCCC(C)C. The number of carbonyl (C=O) groups excluding carboxylic acids is 3. The Balaban J connectivity index is 2.13. The Hall–Kier alpha value is -2.25. The van der Waals surface area contributed by atoms with Crippen LogP contribution in [0.5, 0.6) is 0 Å². The molecular weight excluding hydrogens is 568 g/mol. The molecule has 7 nitrogen and oxygen atoms in total. The van der Waals surface area contributed by atoms with Crippen LogP contribution in [0, 0.1) is 17.8 Å². The van der Waals surface area contributed by atoms with Gasteiger partial charge in [-0.3, -0.25) is 14.4 Å². The molecule has 258 valence electrons. The first-order chi connectivity index (χ1) is 21.8. The quantitative estimate of drug-likeness (QED) is 0.0507. The Morgan fingerprint density at radius 1 is 0.867 bits per heavy atom. The number of ether oxygens (including phenoxy) is 2. The number of aliphatic hydroxyl groups is 2. The maximum atomic E-state index is 12.3. The summed E-state index contributed by atoms with van der Waals surface area (Å²) >= 11 is 0. The summed E-state index contributed by atoms with van der Waals surface area (Å²) in [5.41, 5.74) is 0. The number of esters is 2. The first kappa shape index (κ1) is 40.8. The van der Waals surface area contributed by atoms with Crippen LogP contribution in [0.2, 0.25) is 0 Å². The van der Waals surface area contributed by atoms with Crippen molar-refractivity contribution in [2.45, 2.75) is 155 Å². The van der Waals surface area contributed by atoms with Crippen molar-refractivity contribution in [3.63, 3.8) is 0 Å². The Kier molecular flexibility index (Phi) is 24.4. The molecule has 0 bridgehead atoms. The summed E-state index contributed by atoms with van der Waals surface area (Å²) in [5.74, 6) is -0.0360. The molecule has 45 heavy (non-hydrogen) atoms. The summed E-state index contributed by atoms with van der Waals surface area (Å²) in [6.45, 7) is 6.16. The average molecular weight is 633 g/mol. The third kappa shape index (κ3) is 22.0. The molecule has 0 aromatic heterocycles. The second-order valence-corrected chi connectivity index (χ2v) is 13.1. The molecule has 0 saturated heterocycles. The van der Waals surface area contributed by atoms with Gasteiger partial charge in [0.25, 0.3) is 0 Å². The Morgan fingerprint density at radius 2 is 1.51 bits per heavy atom. The van der Waals surface area contributed by atoms with E-state index in [-0.39, 0.29) is 36.6 Å². The van der Waals surface area contributed by atoms with Crippen LogP contribution < -0.4 is 0 Å². The van der Waals surface area contributed by atoms with Crippen molar-refractivity contribution in [2.24, 2.45) is 17.8 Å². The van der Waals surface area contributed by atoms with E-state index in [9.17, 15) is 24.6 Å². The third-order valence-corrected chi connectivity index (χ3v) is 8.36. The van der Waals surface area contributed by atoms with Crippen LogP contribution in [0.3, 0.4) is 0 Å². The van der Waals surface area contributed by atoms with Gasteiger partial charge >= 0.3 is 11.9 Å². The van der Waals surface area contributed by atoms with Crippen LogP contribution in [0.1, 0.15) is 143 Å². The maximum absolute atomic E-state index is 12.3. The Labute approximate surface area is 273 Å². The molecule has 1 aliphatic rings. The number of allylic oxidation sites excluding steroid dienone is 5. The Morgan fingerprint density at radius 3 is 2.18 bits per heavy atom. The van der Waals surface area contributed by atoms with Crippen molar-refractivity contribution >= 4 is 17.7 Å². The van der Waals surface area contributed by atoms with E-state index in [1.54, 1.807) is 12.2 Å². The van der Waals surface area contributed by atoms with E-state index in [0.717, 1.165) is 50.9 Å². The lowest BCUT2D eigenvalue weighted by atomic mass is 9.90. The van der Waals surface area contributed by atoms with Crippen LogP contribution in [0.4, 0.5) is 0 Å². The van der Waals surface area contributed by atoms with Crippen LogP contribution >= 0.6 is 0 Å². The number of carbonyl (C=O) groups is 3. The van der Waals surface area contributed by atoms with Gasteiger partial charge in [-0.05, 0) is 50.0 Å². The summed E-state index contributed by atoms with van der Waals surface area (Å²) in [4.78, 5) is 36.5. The van der Waals surface area contributed by atoms with E-state index in [1.807, 2.05) is 24.3 Å². The second kappa shape index (κ2) is 26.9. The monoisotopic (exact) mass is 632 g/mol. The van der Waals surface area contributed by atoms with Gasteiger partial charge in [0.05, 0.1) is 12.7 Å². The lowest BCUT2D eigenvalue weighted by Gasteiger charge is -2.15. The molecular formula is C38H64O7. The van der Waals surface area contributed by atoms with Crippen molar-refractivity contribution in [3.05, 3.63) is 36.5 Å². The van der Waals surface area contributed by atoms with Crippen LogP contribution in [-0.2, 0) is 23.9 Å². The molecule has 0 radical (unpaired) electrons. The van der Waals surface area contributed by atoms with Gasteiger partial charge in [-0.25, -0.2) is 0 Å². The topological polar surface area (TPSA) is 110 Å². The van der Waals surface area contributed by atoms with Gasteiger partial charge in [-0.1, -0.05) is 128 Å². The fourth-order valence-corrected chi connectivity index (χ4v) is 5.49. The van der Waals surface area contributed by atoms with Gasteiger partial charge in [-0.15, -0.1) is 0 Å². The molecule has 0 aliphatic heterocycles. The minimum absolute atomic E-state index is 0.0705. The molecule has 0 heterocycles. The molecule has 0 aromatic carbocycles. The highest BCUT2D eigenvalue weighted by Crippen LogP contribution is 2.27. The summed E-state index contributed by atoms with van der Waals surface area (Å²) in [7, 11) is 0. The van der Waals surface area contributed by atoms with E-state index in [4.69, 9.17) is 9.47 Å². The van der Waals surface area contributed by atoms with Gasteiger partial charge in [0.1, 0.15) is 6.61 Å². The number of hydrogen-bond acceptors (Lipinski definition) is 7. The van der Waals surface area contributed by atoms with E-state index >= 15 is 0 Å². The van der Waals surface area contributed by atoms with Gasteiger partial charge in [0, 0.05) is 18.8 Å². The first-order valence-corrected chi connectivity index (χ1v) is 18.0. The van der Waals surface area contributed by atoms with Gasteiger partial charge in [0.15, 0.2) is 11.9 Å². The summed E-state index contributed by atoms with van der Waals surface area (Å²) < 4.78 is 10.5. The van der Waals surface area contributed by atoms with Crippen LogP contribution in [0.15, 0.2) is 36.5 Å². The molecule has 1 aliphatic carbocycles. The van der Waals surface area contributed by atoms with Crippen molar-refractivity contribution in [1.82, 2.24) is 0 Å². The minimum atomic E-state index is -0.848. The molecule has 0 aromatic rings. The molecule has 0 amide bonds. The second-order valence-electron chi connectivity index (χ2n) is 13.1. The zero-order valence-corrected chi connectivity index (χ0v) is 28.6. The smallest absolute Gasteiger partial charge is 0.306 e. The summed E-state index contributed by atoms with van der Waals surface area (Å²) in [5, 5.41) is 19.7. The molecule has 2 N–H and O–H groups in total. The lowest BCUT2D eigenvalue weighted by molar-refractivity contribution is -0.161. The van der Waals surface area contributed by atoms with E-state index in [1.165, 1.54) is 44.9 Å². The highest BCUT2D eigenvalue weighted by molar-refractivity contribution is 5.95. The van der Waals surface area contributed by atoms with Crippen LogP contribution in [0.25, 0.3) is 0 Å². The van der Waals surface area contributed by atoms with Crippen LogP contribution in [-0.4, -0.2) is 53.4 Å². The molecule has 4 atom stereocenters. The predicted molar refractivity (Wildman–Crippen MR) is 182 cm³/mol. The standard InChI is InChI=1S/C38H64O7/c1-4-5-15-22-33(40)26-27-35-32(25-28-36(35)41)21-17-13-14-19-24-38(43)45-34(29-39)30-44-37(42)23-18-12-10-8-6-7-9-11-16-20-31(2)3/h13,17,25-28,31-35,39-40H,4-12,14-16,18-24,29-30H2,1-3H3/b17-13-,27-26+/t32-,33-,34-,35+/m0/s1. The molecule has 0 saturated carbocycles. The van der Waals surface area contributed by atoms with Gasteiger partial charge in [-0.2, -0.15) is 0 Å². The minimum Gasteiger partial charge on any atom is -0.462 e. The normalized spacial score (nSPS) is 18.0. The largest absolute Gasteiger partial charge is 0.462 e. The van der Waals surface area contributed by atoms with Crippen molar-refractivity contribution in [1.29, 1.82) is 0 Å². The highest BCUT2D eigenvalue weighted by Gasteiger charge is 2.27. The number of unbranched alkanes of at least 4 members (excludes halogenated alkanes) is 11. The van der Waals surface area contributed by atoms with E-state index in [2.05, 4.69) is 20.8 Å². The lowest BCUT2D eigenvalue weighted by Crippen LogP contribution is -2.28. The molecule has 7 heteroatoms. The first-order valence-electron chi connectivity index (χ1n) is 18.0. The summed E-state index contributed by atoms with van der Waals surface area (Å²) in [6, 6.07) is 0. The highest BCUT2D eigenvalue weighted by atomic mass is 16.6. The average Bonchev–Trinajstić information content (AvgIpc) is 3.37. The maximum Gasteiger partial charge on any atom is 0.306 e. The number of rotatable bonds is 28. The zero-order valence-electron chi connectivity index (χ0n) is 28.6. The predicted octanol–water partition coefficient (Wildman–Crippen LogP) is 8.37. The molecule has 0 fully saturated rings. The zero-order chi connectivity index (χ0) is 33.1. The van der Waals surface area contributed by atoms with Crippen molar-refractivity contribution in [3.8, 4) is 0 Å². The molecule has 0 unspecified atom stereocenters. The van der Waals surface area contributed by atoms with Gasteiger partial charge < -0.3 is 19.7 Å². The fourth-order valence-electron chi connectivity index (χ4n) is 5.49. The summed E-state index contributed by atoms with van der Waals surface area (Å²) in [6.07, 6.45) is 28.3. The van der Waals surface area contributed by atoms with E-state index < -0.39 is 24.8 Å². The third-order valence-electron chi connectivity index (χ3n) is 8.36. The number of hydrogen-bond donors (Lipinski definition) is 2. The van der Waals surface area contributed by atoms with E-state index in [0.29, 0.717) is 25.7 Å². The molecule has 0 spiro atoms. The Bertz CT molecular complexity index is 875. The van der Waals surface area contributed by atoms with Gasteiger partial charge in [0.2, 0.25) is 0 Å². The van der Waals surface area contributed by atoms with Crippen molar-refractivity contribution < 1.29 is 34.1 Å². The molecule has 1 rings (SSSR count). The fraction of sp³-hybridized carbons (Fsp3) is 0.763.